The Bertz CT molecular complexity index is 652. The van der Waals surface area contributed by atoms with Crippen LogP contribution in [-0.2, 0) is 11.2 Å². The quantitative estimate of drug-likeness (QED) is 0.333. The summed E-state index contributed by atoms with van der Waals surface area (Å²) in [6, 6.07) is 10.4. The second kappa shape index (κ2) is 12.4. The van der Waals surface area contributed by atoms with E-state index >= 15 is 0 Å². The van der Waals surface area contributed by atoms with Gasteiger partial charge < -0.3 is 15.5 Å². The van der Waals surface area contributed by atoms with E-state index in [9.17, 15) is 4.79 Å². The van der Waals surface area contributed by atoms with Gasteiger partial charge in [-0.3, -0.25) is 9.79 Å². The Morgan fingerprint density at radius 1 is 1.14 bits per heavy atom. The SMILES string of the molecule is CN=C(NCC1CCCC(C)C1)NCC1CC(=O)N(CCc2ccccc2)C1.I. The lowest BCUT2D eigenvalue weighted by Crippen LogP contribution is -2.42. The number of aliphatic imine (C=N–C) groups is 1. The van der Waals surface area contributed by atoms with Crippen LogP contribution in [0, 0.1) is 17.8 Å². The van der Waals surface area contributed by atoms with Crippen molar-refractivity contribution in [2.75, 3.05) is 33.2 Å². The fraction of sp³-hybridized carbons (Fsp3) is 0.652. The van der Waals surface area contributed by atoms with Crippen molar-refractivity contribution in [3.8, 4) is 0 Å². The smallest absolute Gasteiger partial charge is 0.223 e. The Morgan fingerprint density at radius 2 is 1.86 bits per heavy atom. The number of carbonyl (C=O) groups excluding carboxylic acids is 1. The molecule has 0 aromatic heterocycles. The molecule has 0 radical (unpaired) electrons. The summed E-state index contributed by atoms with van der Waals surface area (Å²) in [7, 11) is 1.82. The van der Waals surface area contributed by atoms with E-state index in [1.165, 1.54) is 31.2 Å². The molecule has 2 aliphatic rings. The molecule has 162 valence electrons. The minimum atomic E-state index is 0. The van der Waals surface area contributed by atoms with Crippen LogP contribution < -0.4 is 10.6 Å². The highest BCUT2D eigenvalue weighted by Gasteiger charge is 2.29. The van der Waals surface area contributed by atoms with Crippen molar-refractivity contribution in [3.63, 3.8) is 0 Å². The first kappa shape index (κ1) is 24.0. The van der Waals surface area contributed by atoms with Gasteiger partial charge in [0, 0.05) is 45.6 Å². The van der Waals surface area contributed by atoms with E-state index in [0.717, 1.165) is 50.4 Å². The molecule has 1 saturated heterocycles. The molecule has 1 aromatic rings. The zero-order valence-corrected chi connectivity index (χ0v) is 20.2. The monoisotopic (exact) mass is 512 g/mol. The Balaban J connectivity index is 0.00000300. The summed E-state index contributed by atoms with van der Waals surface area (Å²) in [5.41, 5.74) is 1.29. The predicted molar refractivity (Wildman–Crippen MR) is 131 cm³/mol. The van der Waals surface area contributed by atoms with Crippen LogP contribution in [0.5, 0.6) is 0 Å². The van der Waals surface area contributed by atoms with Gasteiger partial charge in [0.15, 0.2) is 5.96 Å². The number of nitrogens with one attached hydrogen (secondary N) is 2. The molecule has 2 fully saturated rings. The van der Waals surface area contributed by atoms with Crippen LogP contribution in [0.2, 0.25) is 0 Å². The summed E-state index contributed by atoms with van der Waals surface area (Å²) in [5, 5.41) is 6.93. The second-order valence-electron chi connectivity index (χ2n) is 8.62. The van der Waals surface area contributed by atoms with E-state index in [1.807, 2.05) is 18.0 Å². The number of hydrogen-bond acceptors (Lipinski definition) is 2. The molecule has 1 aliphatic heterocycles. The van der Waals surface area contributed by atoms with E-state index < -0.39 is 0 Å². The van der Waals surface area contributed by atoms with Crippen molar-refractivity contribution >= 4 is 35.8 Å². The number of carbonyl (C=O) groups is 1. The van der Waals surface area contributed by atoms with E-state index in [1.54, 1.807) is 0 Å². The van der Waals surface area contributed by atoms with Gasteiger partial charge in [0.2, 0.25) is 5.91 Å². The van der Waals surface area contributed by atoms with Crippen molar-refractivity contribution in [2.45, 2.75) is 45.4 Å². The summed E-state index contributed by atoms with van der Waals surface area (Å²) in [5.74, 6) is 3.11. The van der Waals surface area contributed by atoms with Gasteiger partial charge in [0.1, 0.15) is 0 Å². The summed E-state index contributed by atoms with van der Waals surface area (Å²) >= 11 is 0. The van der Waals surface area contributed by atoms with Gasteiger partial charge in [-0.15, -0.1) is 24.0 Å². The Morgan fingerprint density at radius 3 is 2.55 bits per heavy atom. The molecule has 1 aromatic carbocycles. The average molecular weight is 512 g/mol. The lowest BCUT2D eigenvalue weighted by atomic mass is 9.82. The van der Waals surface area contributed by atoms with Crippen LogP contribution in [0.4, 0.5) is 0 Å². The predicted octanol–water partition coefficient (Wildman–Crippen LogP) is 3.69. The van der Waals surface area contributed by atoms with E-state index in [4.69, 9.17) is 0 Å². The molecule has 5 nitrogen and oxygen atoms in total. The van der Waals surface area contributed by atoms with Crippen LogP contribution in [0.3, 0.4) is 0 Å². The van der Waals surface area contributed by atoms with Gasteiger partial charge in [-0.1, -0.05) is 50.1 Å². The van der Waals surface area contributed by atoms with E-state index in [-0.39, 0.29) is 29.9 Å². The van der Waals surface area contributed by atoms with Crippen molar-refractivity contribution < 1.29 is 4.79 Å². The van der Waals surface area contributed by atoms with Gasteiger partial charge in [-0.05, 0) is 36.7 Å². The van der Waals surface area contributed by atoms with Crippen LogP contribution >= 0.6 is 24.0 Å². The van der Waals surface area contributed by atoms with E-state index in [0.29, 0.717) is 12.3 Å². The molecule has 3 rings (SSSR count). The highest BCUT2D eigenvalue weighted by molar-refractivity contribution is 14.0. The summed E-state index contributed by atoms with van der Waals surface area (Å²) in [4.78, 5) is 18.7. The third-order valence-corrected chi connectivity index (χ3v) is 6.19. The summed E-state index contributed by atoms with van der Waals surface area (Å²) in [6.45, 7) is 5.81. The molecule has 6 heteroatoms. The highest BCUT2D eigenvalue weighted by Crippen LogP contribution is 2.27. The van der Waals surface area contributed by atoms with Crippen LogP contribution in [0.1, 0.15) is 44.6 Å². The number of guanidine groups is 1. The fourth-order valence-electron chi connectivity index (χ4n) is 4.56. The van der Waals surface area contributed by atoms with Gasteiger partial charge in [0.05, 0.1) is 0 Å². The van der Waals surface area contributed by atoms with Crippen molar-refractivity contribution in [1.29, 1.82) is 0 Å². The zero-order valence-electron chi connectivity index (χ0n) is 17.9. The summed E-state index contributed by atoms with van der Waals surface area (Å²) in [6.07, 6.45) is 6.93. The largest absolute Gasteiger partial charge is 0.356 e. The average Bonchev–Trinajstić information content (AvgIpc) is 3.07. The number of benzene rings is 1. The molecular weight excluding hydrogens is 475 g/mol. The Kier molecular flexibility index (Phi) is 10.2. The lowest BCUT2D eigenvalue weighted by Gasteiger charge is -2.27. The lowest BCUT2D eigenvalue weighted by molar-refractivity contribution is -0.127. The van der Waals surface area contributed by atoms with E-state index in [2.05, 4.69) is 46.8 Å². The Labute approximate surface area is 193 Å². The number of hydrogen-bond donors (Lipinski definition) is 2. The maximum atomic E-state index is 12.3. The van der Waals surface area contributed by atoms with Crippen LogP contribution in [0.15, 0.2) is 35.3 Å². The van der Waals surface area contributed by atoms with Gasteiger partial charge in [0.25, 0.3) is 0 Å². The second-order valence-corrected chi connectivity index (χ2v) is 8.62. The molecule has 0 bridgehead atoms. The number of amides is 1. The fourth-order valence-corrected chi connectivity index (χ4v) is 4.56. The van der Waals surface area contributed by atoms with Crippen molar-refractivity contribution in [2.24, 2.45) is 22.7 Å². The van der Waals surface area contributed by atoms with Crippen LogP contribution in [-0.4, -0.2) is 50.0 Å². The molecule has 1 amide bonds. The normalized spacial score (nSPS) is 24.9. The third kappa shape index (κ3) is 7.79. The van der Waals surface area contributed by atoms with Gasteiger partial charge >= 0.3 is 0 Å². The molecule has 0 spiro atoms. The van der Waals surface area contributed by atoms with Gasteiger partial charge in [-0.25, -0.2) is 0 Å². The summed E-state index contributed by atoms with van der Waals surface area (Å²) < 4.78 is 0. The molecule has 3 unspecified atom stereocenters. The third-order valence-electron chi connectivity index (χ3n) is 6.19. The highest BCUT2D eigenvalue weighted by atomic mass is 127. The topological polar surface area (TPSA) is 56.7 Å². The maximum Gasteiger partial charge on any atom is 0.223 e. The number of likely N-dealkylation sites (tertiary alicyclic amines) is 1. The molecule has 29 heavy (non-hydrogen) atoms. The first-order chi connectivity index (χ1) is 13.6. The zero-order chi connectivity index (χ0) is 19.8. The molecule has 1 heterocycles. The molecule has 1 saturated carbocycles. The van der Waals surface area contributed by atoms with Crippen molar-refractivity contribution in [3.05, 3.63) is 35.9 Å². The Hall–Kier alpha value is -1.31. The molecular formula is C23H37IN4O. The number of nitrogens with zero attached hydrogens (tertiary/aromatic N) is 2. The maximum absolute atomic E-state index is 12.3. The minimum Gasteiger partial charge on any atom is -0.356 e. The first-order valence-electron chi connectivity index (χ1n) is 10.9. The molecule has 2 N–H and O–H groups in total. The standard InChI is InChI=1S/C23H36N4O.HI/c1-18-7-6-10-20(13-18)15-25-23(24-2)26-16-21-14-22(28)27(17-21)12-11-19-8-4-3-5-9-19;/h3-5,8-9,18,20-21H,6-7,10-17H2,1-2H3,(H2,24,25,26);1H. The van der Waals surface area contributed by atoms with Gasteiger partial charge in [-0.2, -0.15) is 0 Å². The number of halogens is 1. The molecule has 3 atom stereocenters. The minimum absolute atomic E-state index is 0. The molecule has 1 aliphatic carbocycles. The van der Waals surface area contributed by atoms with Crippen molar-refractivity contribution in [1.82, 2.24) is 15.5 Å². The van der Waals surface area contributed by atoms with Crippen LogP contribution in [0.25, 0.3) is 0 Å². The number of rotatable bonds is 7. The first-order valence-corrected chi connectivity index (χ1v) is 10.9.